The first-order valence-corrected chi connectivity index (χ1v) is 6.37. The third-order valence-corrected chi connectivity index (χ3v) is 2.53. The van der Waals surface area contributed by atoms with Crippen LogP contribution >= 0.6 is 0 Å². The number of hydrogen-bond acceptors (Lipinski definition) is 4. The number of nitrogens with zero attached hydrogens (tertiary/aromatic N) is 1. The molecule has 1 amide bonds. The van der Waals surface area contributed by atoms with Crippen molar-refractivity contribution in [2.24, 2.45) is 0 Å². The fraction of sp³-hybridized carbons (Fsp3) is 0.923. The summed E-state index contributed by atoms with van der Waals surface area (Å²) in [4.78, 5) is 13.5. The summed E-state index contributed by atoms with van der Waals surface area (Å²) in [6, 6.07) is -0.0172. The van der Waals surface area contributed by atoms with Crippen LogP contribution in [0.3, 0.4) is 0 Å². The highest BCUT2D eigenvalue weighted by molar-refractivity contribution is 5.68. The van der Waals surface area contributed by atoms with Gasteiger partial charge in [0.15, 0.2) is 0 Å². The summed E-state index contributed by atoms with van der Waals surface area (Å²) in [5.41, 5.74) is -0.492. The van der Waals surface area contributed by atoms with Gasteiger partial charge in [-0.1, -0.05) is 0 Å². The van der Waals surface area contributed by atoms with E-state index in [2.05, 4.69) is 0 Å². The molecule has 1 atom stereocenters. The van der Waals surface area contributed by atoms with Gasteiger partial charge in [-0.25, -0.2) is 4.79 Å². The average molecular weight is 261 g/mol. The summed E-state index contributed by atoms with van der Waals surface area (Å²) in [7, 11) is 3.33. The summed E-state index contributed by atoms with van der Waals surface area (Å²) in [5, 5.41) is 8.77. The number of aliphatic hydroxyl groups is 1. The molecule has 18 heavy (non-hydrogen) atoms. The van der Waals surface area contributed by atoms with Crippen molar-refractivity contribution in [1.82, 2.24) is 4.90 Å². The van der Waals surface area contributed by atoms with E-state index in [4.69, 9.17) is 14.6 Å². The summed E-state index contributed by atoms with van der Waals surface area (Å²) in [6.45, 7) is 6.18. The maximum absolute atomic E-state index is 11.9. The molecule has 0 aromatic heterocycles. The summed E-state index contributed by atoms with van der Waals surface area (Å²) < 4.78 is 10.4. The Balaban J connectivity index is 4.35. The van der Waals surface area contributed by atoms with Crippen LogP contribution in [0.15, 0.2) is 0 Å². The second-order valence-electron chi connectivity index (χ2n) is 5.42. The molecule has 5 heteroatoms. The van der Waals surface area contributed by atoms with E-state index in [1.165, 1.54) is 0 Å². The molecule has 0 aliphatic carbocycles. The number of carbonyl (C=O) groups excluding carboxylic acids is 1. The second-order valence-corrected chi connectivity index (χ2v) is 5.42. The third-order valence-electron chi connectivity index (χ3n) is 2.53. The number of hydrogen-bond donors (Lipinski definition) is 1. The van der Waals surface area contributed by atoms with Gasteiger partial charge in [0.2, 0.25) is 0 Å². The molecular weight excluding hydrogens is 234 g/mol. The first kappa shape index (κ1) is 17.2. The Morgan fingerprint density at radius 3 is 2.39 bits per heavy atom. The molecule has 0 aromatic rings. The highest BCUT2D eigenvalue weighted by atomic mass is 16.6. The van der Waals surface area contributed by atoms with E-state index in [9.17, 15) is 4.79 Å². The summed E-state index contributed by atoms with van der Waals surface area (Å²) in [5.74, 6) is 0. The number of ether oxygens (including phenoxy) is 2. The predicted molar refractivity (Wildman–Crippen MR) is 70.6 cm³/mol. The zero-order valence-corrected chi connectivity index (χ0v) is 12.2. The summed E-state index contributed by atoms with van der Waals surface area (Å²) >= 11 is 0. The molecule has 0 aliphatic rings. The van der Waals surface area contributed by atoms with Crippen molar-refractivity contribution in [2.45, 2.75) is 51.7 Å². The lowest BCUT2D eigenvalue weighted by Crippen LogP contribution is -2.42. The molecule has 1 unspecified atom stereocenters. The standard InChI is InChI=1S/C13H27NO4/c1-13(2,3)18-12(16)14(4)11(10-17-5)8-6-7-9-15/h11,15H,6-10H2,1-5H3. The maximum Gasteiger partial charge on any atom is 0.410 e. The van der Waals surface area contributed by atoms with E-state index in [1.807, 2.05) is 20.8 Å². The molecule has 1 N–H and O–H groups in total. The zero-order valence-electron chi connectivity index (χ0n) is 12.2. The van der Waals surface area contributed by atoms with Crippen LogP contribution in [0.1, 0.15) is 40.0 Å². The van der Waals surface area contributed by atoms with Gasteiger partial charge in [0, 0.05) is 20.8 Å². The monoisotopic (exact) mass is 261 g/mol. The van der Waals surface area contributed by atoms with Crippen LogP contribution in [0.25, 0.3) is 0 Å². The number of amides is 1. The third kappa shape index (κ3) is 7.50. The Labute approximate surface area is 110 Å². The van der Waals surface area contributed by atoms with Crippen LogP contribution in [-0.4, -0.2) is 55.1 Å². The molecule has 0 spiro atoms. The zero-order chi connectivity index (χ0) is 14.2. The molecule has 0 aliphatic heterocycles. The van der Waals surface area contributed by atoms with Crippen molar-refractivity contribution >= 4 is 6.09 Å². The van der Waals surface area contributed by atoms with E-state index in [0.29, 0.717) is 6.61 Å². The minimum absolute atomic E-state index is 0.0172. The van der Waals surface area contributed by atoms with Crippen molar-refractivity contribution in [3.8, 4) is 0 Å². The Morgan fingerprint density at radius 2 is 1.94 bits per heavy atom. The first-order valence-electron chi connectivity index (χ1n) is 6.37. The number of aliphatic hydroxyl groups excluding tert-OH is 1. The Hall–Kier alpha value is -0.810. The topological polar surface area (TPSA) is 59.0 Å². The molecule has 0 saturated heterocycles. The van der Waals surface area contributed by atoms with Crippen molar-refractivity contribution in [3.05, 3.63) is 0 Å². The number of unbranched alkanes of at least 4 members (excludes halogenated alkanes) is 1. The van der Waals surface area contributed by atoms with Crippen LogP contribution in [-0.2, 0) is 9.47 Å². The van der Waals surface area contributed by atoms with Gasteiger partial charge in [-0.05, 0) is 40.0 Å². The van der Waals surface area contributed by atoms with Gasteiger partial charge in [0.1, 0.15) is 5.60 Å². The fourth-order valence-electron chi connectivity index (χ4n) is 1.56. The molecular formula is C13H27NO4. The van der Waals surface area contributed by atoms with Crippen molar-refractivity contribution in [2.75, 3.05) is 27.4 Å². The van der Waals surface area contributed by atoms with E-state index in [0.717, 1.165) is 19.3 Å². The molecule has 0 saturated carbocycles. The Bertz CT molecular complexity index is 238. The van der Waals surface area contributed by atoms with Gasteiger partial charge in [-0.3, -0.25) is 0 Å². The number of rotatable bonds is 7. The van der Waals surface area contributed by atoms with Crippen LogP contribution < -0.4 is 0 Å². The van der Waals surface area contributed by atoms with Gasteiger partial charge in [-0.2, -0.15) is 0 Å². The maximum atomic E-state index is 11.9. The Morgan fingerprint density at radius 1 is 1.33 bits per heavy atom. The first-order chi connectivity index (χ1) is 8.31. The smallest absolute Gasteiger partial charge is 0.410 e. The molecule has 108 valence electrons. The van der Waals surface area contributed by atoms with Crippen molar-refractivity contribution in [1.29, 1.82) is 0 Å². The van der Waals surface area contributed by atoms with Crippen LogP contribution in [0, 0.1) is 0 Å². The molecule has 5 nitrogen and oxygen atoms in total. The predicted octanol–water partition coefficient (Wildman–Crippen LogP) is 2.03. The molecule has 0 aromatic carbocycles. The normalized spacial score (nSPS) is 13.2. The van der Waals surface area contributed by atoms with E-state index >= 15 is 0 Å². The molecule has 0 radical (unpaired) electrons. The van der Waals surface area contributed by atoms with Gasteiger partial charge < -0.3 is 19.5 Å². The minimum atomic E-state index is -0.492. The van der Waals surface area contributed by atoms with E-state index in [1.54, 1.807) is 19.1 Å². The minimum Gasteiger partial charge on any atom is -0.444 e. The summed E-state index contributed by atoms with van der Waals surface area (Å²) in [6.07, 6.45) is 2.05. The van der Waals surface area contributed by atoms with Crippen molar-refractivity contribution < 1.29 is 19.4 Å². The van der Waals surface area contributed by atoms with Crippen LogP contribution in [0.4, 0.5) is 4.79 Å². The van der Waals surface area contributed by atoms with Gasteiger partial charge in [-0.15, -0.1) is 0 Å². The average Bonchev–Trinajstić information content (AvgIpc) is 2.25. The van der Waals surface area contributed by atoms with Gasteiger partial charge >= 0.3 is 6.09 Å². The van der Waals surface area contributed by atoms with Gasteiger partial charge in [0.25, 0.3) is 0 Å². The molecule has 0 fully saturated rings. The van der Waals surface area contributed by atoms with Crippen LogP contribution in [0.5, 0.6) is 0 Å². The molecule has 0 heterocycles. The van der Waals surface area contributed by atoms with Gasteiger partial charge in [0.05, 0.1) is 12.6 Å². The SMILES string of the molecule is COCC(CCCCO)N(C)C(=O)OC(C)(C)C. The quantitative estimate of drug-likeness (QED) is 0.712. The van der Waals surface area contributed by atoms with Crippen molar-refractivity contribution in [3.63, 3.8) is 0 Å². The number of likely N-dealkylation sites (N-methyl/N-ethyl adjacent to an activating group) is 1. The Kier molecular flexibility index (Phi) is 7.95. The largest absolute Gasteiger partial charge is 0.444 e. The fourth-order valence-corrected chi connectivity index (χ4v) is 1.56. The lowest BCUT2D eigenvalue weighted by Gasteiger charge is -2.30. The number of methoxy groups -OCH3 is 1. The lowest BCUT2D eigenvalue weighted by molar-refractivity contribution is 0.0114. The lowest BCUT2D eigenvalue weighted by atomic mass is 10.1. The molecule has 0 bridgehead atoms. The molecule has 0 rings (SSSR count). The highest BCUT2D eigenvalue weighted by Gasteiger charge is 2.24. The second kappa shape index (κ2) is 8.32. The van der Waals surface area contributed by atoms with Crippen LogP contribution in [0.2, 0.25) is 0 Å². The highest BCUT2D eigenvalue weighted by Crippen LogP contribution is 2.14. The van der Waals surface area contributed by atoms with E-state index < -0.39 is 5.60 Å². The number of carbonyl (C=O) groups is 1. The van der Waals surface area contributed by atoms with E-state index in [-0.39, 0.29) is 18.7 Å².